The number of nitrogens with one attached hydrogen (secondary N) is 1. The largest absolute Gasteiger partial charge is 0.379 e. The van der Waals surface area contributed by atoms with Crippen LogP contribution in [0.1, 0.15) is 43.6 Å². The monoisotopic (exact) mass is 330 g/mol. The highest BCUT2D eigenvalue weighted by molar-refractivity contribution is 5.94. The van der Waals surface area contributed by atoms with Crippen molar-refractivity contribution < 1.29 is 9.53 Å². The minimum atomic E-state index is -0.00716. The fourth-order valence-electron chi connectivity index (χ4n) is 2.87. The average molecular weight is 330 g/mol. The first-order chi connectivity index (χ1) is 11.3. The number of allylic oxidation sites excluding steroid dienone is 2. The Hall–Kier alpha value is -1.65. The number of benzene rings is 1. The molecule has 0 spiro atoms. The van der Waals surface area contributed by atoms with Crippen LogP contribution in [0.5, 0.6) is 0 Å². The van der Waals surface area contributed by atoms with Crippen molar-refractivity contribution in [3.63, 3.8) is 0 Å². The lowest BCUT2D eigenvalue weighted by Crippen LogP contribution is -2.41. The van der Waals surface area contributed by atoms with Crippen LogP contribution in [0.3, 0.4) is 0 Å². The van der Waals surface area contributed by atoms with Gasteiger partial charge in [-0.2, -0.15) is 0 Å². The van der Waals surface area contributed by atoms with Gasteiger partial charge in [0.1, 0.15) is 0 Å². The Morgan fingerprint density at radius 2 is 1.75 bits per heavy atom. The van der Waals surface area contributed by atoms with Crippen LogP contribution in [0.2, 0.25) is 0 Å². The predicted molar refractivity (Wildman–Crippen MR) is 99.1 cm³/mol. The van der Waals surface area contributed by atoms with Gasteiger partial charge >= 0.3 is 0 Å². The minimum Gasteiger partial charge on any atom is -0.379 e. The molecule has 132 valence electrons. The predicted octanol–water partition coefficient (Wildman–Crippen LogP) is 3.20. The first-order valence-corrected chi connectivity index (χ1v) is 8.73. The van der Waals surface area contributed by atoms with E-state index in [-0.39, 0.29) is 11.3 Å². The summed E-state index contributed by atoms with van der Waals surface area (Å²) in [5, 5.41) is 3.00. The number of morpholine rings is 1. The zero-order valence-corrected chi connectivity index (χ0v) is 15.4. The number of amides is 1. The molecular weight excluding hydrogens is 300 g/mol. The van der Waals surface area contributed by atoms with Gasteiger partial charge in [-0.05, 0) is 35.6 Å². The third-order valence-corrected chi connectivity index (χ3v) is 4.07. The topological polar surface area (TPSA) is 41.6 Å². The molecule has 4 heteroatoms. The summed E-state index contributed by atoms with van der Waals surface area (Å²) >= 11 is 0. The summed E-state index contributed by atoms with van der Waals surface area (Å²) < 4.78 is 5.32. The molecule has 1 aliphatic heterocycles. The van der Waals surface area contributed by atoms with E-state index in [0.717, 1.165) is 38.4 Å². The summed E-state index contributed by atoms with van der Waals surface area (Å²) in [6.45, 7) is 13.7. The molecule has 1 aromatic rings. The number of hydrogen-bond donors (Lipinski definition) is 1. The van der Waals surface area contributed by atoms with Crippen LogP contribution in [0.15, 0.2) is 30.3 Å². The zero-order valence-electron chi connectivity index (χ0n) is 15.4. The molecule has 1 N–H and O–H groups in total. The number of hydrogen-bond acceptors (Lipinski definition) is 3. The molecule has 1 aliphatic rings. The van der Waals surface area contributed by atoms with Gasteiger partial charge in [0.15, 0.2) is 0 Å². The molecule has 1 aromatic carbocycles. The molecule has 4 nitrogen and oxygen atoms in total. The highest BCUT2D eigenvalue weighted by atomic mass is 16.5. The smallest absolute Gasteiger partial charge is 0.251 e. The molecule has 0 bridgehead atoms. The third-order valence-electron chi connectivity index (χ3n) is 4.07. The highest BCUT2D eigenvalue weighted by Crippen LogP contribution is 2.23. The van der Waals surface area contributed by atoms with Crippen LogP contribution in [-0.2, 0) is 4.74 Å². The average Bonchev–Trinajstić information content (AvgIpc) is 2.54. The first kappa shape index (κ1) is 18.7. The van der Waals surface area contributed by atoms with Gasteiger partial charge in [-0.25, -0.2) is 0 Å². The van der Waals surface area contributed by atoms with Gasteiger partial charge in [-0.1, -0.05) is 39.0 Å². The lowest BCUT2D eigenvalue weighted by Gasteiger charge is -2.26. The number of carbonyl (C=O) groups is 1. The van der Waals surface area contributed by atoms with E-state index in [4.69, 9.17) is 4.74 Å². The fourth-order valence-corrected chi connectivity index (χ4v) is 2.87. The van der Waals surface area contributed by atoms with Gasteiger partial charge in [0.2, 0.25) is 0 Å². The quantitative estimate of drug-likeness (QED) is 0.901. The molecule has 0 radical (unpaired) electrons. The van der Waals surface area contributed by atoms with Gasteiger partial charge in [0, 0.05) is 31.7 Å². The Morgan fingerprint density at radius 3 is 2.33 bits per heavy atom. The number of carbonyl (C=O) groups excluding carboxylic acids is 1. The van der Waals surface area contributed by atoms with Gasteiger partial charge in [0.25, 0.3) is 5.91 Å². The molecular formula is C20H30N2O2. The fraction of sp³-hybridized carbons (Fsp3) is 0.550. The van der Waals surface area contributed by atoms with Crippen molar-refractivity contribution in [2.45, 2.75) is 27.7 Å². The Balaban J connectivity index is 1.85. The number of nitrogens with zero attached hydrogens (tertiary/aromatic N) is 1. The van der Waals surface area contributed by atoms with Crippen molar-refractivity contribution in [2.24, 2.45) is 5.41 Å². The van der Waals surface area contributed by atoms with Crippen molar-refractivity contribution in [1.82, 2.24) is 10.2 Å². The zero-order chi connectivity index (χ0) is 17.6. The molecule has 0 aliphatic carbocycles. The lowest BCUT2D eigenvalue weighted by molar-refractivity contribution is 0.0383. The van der Waals surface area contributed by atoms with Crippen LogP contribution in [-0.4, -0.2) is 50.2 Å². The molecule has 1 saturated heterocycles. The van der Waals surface area contributed by atoms with Crippen molar-refractivity contribution in [3.05, 3.63) is 41.5 Å². The number of ether oxygens (including phenoxy) is 1. The van der Waals surface area contributed by atoms with E-state index in [2.05, 4.69) is 44.0 Å². The standard InChI is InChI=1S/C20H30N2O2/c1-16(15-20(2,3)4)17-5-7-18(8-6-17)19(23)21-9-10-22-11-13-24-14-12-22/h5-8,15H,9-14H2,1-4H3,(H,21,23)/b16-15+. The van der Waals surface area contributed by atoms with Crippen LogP contribution >= 0.6 is 0 Å². The van der Waals surface area contributed by atoms with Crippen LogP contribution in [0, 0.1) is 5.41 Å². The summed E-state index contributed by atoms with van der Waals surface area (Å²) in [6.07, 6.45) is 2.25. The van der Waals surface area contributed by atoms with Crippen molar-refractivity contribution >= 4 is 11.5 Å². The lowest BCUT2D eigenvalue weighted by atomic mass is 9.91. The summed E-state index contributed by atoms with van der Waals surface area (Å²) in [6, 6.07) is 7.85. The van der Waals surface area contributed by atoms with Crippen LogP contribution in [0.25, 0.3) is 5.57 Å². The molecule has 24 heavy (non-hydrogen) atoms. The van der Waals surface area contributed by atoms with E-state index in [1.807, 2.05) is 24.3 Å². The second kappa shape index (κ2) is 8.45. The second-order valence-electron chi connectivity index (χ2n) is 7.48. The Kier molecular flexibility index (Phi) is 6.58. The molecule has 0 unspecified atom stereocenters. The molecule has 0 atom stereocenters. The van der Waals surface area contributed by atoms with Crippen LogP contribution in [0.4, 0.5) is 0 Å². The molecule has 1 amide bonds. The van der Waals surface area contributed by atoms with E-state index < -0.39 is 0 Å². The molecule has 0 saturated carbocycles. The van der Waals surface area contributed by atoms with Gasteiger partial charge in [0.05, 0.1) is 13.2 Å². The molecule has 2 rings (SSSR count). The van der Waals surface area contributed by atoms with E-state index in [1.165, 1.54) is 5.57 Å². The number of rotatable bonds is 5. The van der Waals surface area contributed by atoms with Crippen LogP contribution < -0.4 is 5.32 Å². The maximum Gasteiger partial charge on any atom is 0.251 e. The molecule has 1 fully saturated rings. The van der Waals surface area contributed by atoms with E-state index >= 15 is 0 Å². The van der Waals surface area contributed by atoms with E-state index in [0.29, 0.717) is 12.1 Å². The minimum absolute atomic E-state index is 0.00716. The van der Waals surface area contributed by atoms with Gasteiger partial charge in [-0.3, -0.25) is 9.69 Å². The van der Waals surface area contributed by atoms with Crippen molar-refractivity contribution in [1.29, 1.82) is 0 Å². The van der Waals surface area contributed by atoms with Gasteiger partial charge in [-0.15, -0.1) is 0 Å². The van der Waals surface area contributed by atoms with Crippen molar-refractivity contribution in [3.8, 4) is 0 Å². The summed E-state index contributed by atoms with van der Waals surface area (Å²) in [5.74, 6) is -0.00716. The summed E-state index contributed by atoms with van der Waals surface area (Å²) in [7, 11) is 0. The maximum absolute atomic E-state index is 12.2. The molecule has 1 heterocycles. The summed E-state index contributed by atoms with van der Waals surface area (Å²) in [4.78, 5) is 14.5. The maximum atomic E-state index is 12.2. The van der Waals surface area contributed by atoms with Gasteiger partial charge < -0.3 is 10.1 Å². The normalized spacial score (nSPS) is 16.9. The Bertz CT molecular complexity index is 564. The second-order valence-corrected chi connectivity index (χ2v) is 7.48. The Labute approximate surface area is 145 Å². The highest BCUT2D eigenvalue weighted by Gasteiger charge is 2.11. The third kappa shape index (κ3) is 6.10. The molecule has 0 aromatic heterocycles. The van der Waals surface area contributed by atoms with Crippen molar-refractivity contribution in [2.75, 3.05) is 39.4 Å². The Morgan fingerprint density at radius 1 is 1.17 bits per heavy atom. The summed E-state index contributed by atoms with van der Waals surface area (Å²) in [5.41, 5.74) is 3.26. The van der Waals surface area contributed by atoms with E-state index in [9.17, 15) is 4.79 Å². The SMILES string of the molecule is C/C(=C\C(C)(C)C)c1ccc(C(=O)NCCN2CCOCC2)cc1. The first-order valence-electron chi connectivity index (χ1n) is 8.73. The van der Waals surface area contributed by atoms with E-state index in [1.54, 1.807) is 0 Å².